The monoisotopic (exact) mass is 164 g/mol. The first-order valence-electron chi connectivity index (χ1n) is 4.70. The molecule has 0 aromatic heterocycles. The molecule has 0 fully saturated rings. The summed E-state index contributed by atoms with van der Waals surface area (Å²) in [6.45, 7) is 12.1. The topological polar surface area (TPSA) is 0 Å². The fraction of sp³-hybridized carbons (Fsp3) is 0.500. The molecule has 1 atom stereocenters. The Kier molecular flexibility index (Phi) is 6.45. The minimum atomic E-state index is 0.612. The molecular weight excluding hydrogens is 144 g/mol. The minimum absolute atomic E-state index is 0.612. The summed E-state index contributed by atoms with van der Waals surface area (Å²) in [5.41, 5.74) is 1.21. The zero-order valence-electron chi connectivity index (χ0n) is 8.34. The Balaban J connectivity index is 3.76. The van der Waals surface area contributed by atoms with Crippen LogP contribution >= 0.6 is 0 Å². The Morgan fingerprint density at radius 1 is 1.50 bits per heavy atom. The molecule has 12 heavy (non-hydrogen) atoms. The number of hydrogen-bond donors (Lipinski definition) is 0. The van der Waals surface area contributed by atoms with Gasteiger partial charge in [0.25, 0.3) is 0 Å². The summed E-state index contributed by atoms with van der Waals surface area (Å²) in [4.78, 5) is 0. The van der Waals surface area contributed by atoms with Crippen LogP contribution in [0.4, 0.5) is 0 Å². The first-order chi connectivity index (χ1) is 5.72. The van der Waals surface area contributed by atoms with E-state index in [0.717, 1.165) is 0 Å². The van der Waals surface area contributed by atoms with Crippen LogP contribution in [0, 0.1) is 5.92 Å². The maximum atomic E-state index is 4.01. The zero-order valence-corrected chi connectivity index (χ0v) is 8.34. The van der Waals surface area contributed by atoms with Crippen molar-refractivity contribution in [3.63, 3.8) is 0 Å². The van der Waals surface area contributed by atoms with E-state index in [1.807, 2.05) is 12.2 Å². The van der Waals surface area contributed by atoms with Gasteiger partial charge in [0, 0.05) is 0 Å². The Morgan fingerprint density at radius 2 is 2.17 bits per heavy atom. The van der Waals surface area contributed by atoms with Crippen LogP contribution in [0.1, 0.15) is 33.1 Å². The van der Waals surface area contributed by atoms with Crippen molar-refractivity contribution in [3.05, 3.63) is 37.0 Å². The van der Waals surface area contributed by atoms with E-state index < -0.39 is 0 Å². The largest absolute Gasteiger partial charge is 0.0991 e. The average molecular weight is 164 g/mol. The molecule has 0 saturated carbocycles. The van der Waals surface area contributed by atoms with Crippen molar-refractivity contribution in [1.82, 2.24) is 0 Å². The van der Waals surface area contributed by atoms with Gasteiger partial charge in [0.15, 0.2) is 0 Å². The average Bonchev–Trinajstić information content (AvgIpc) is 2.10. The molecule has 0 N–H and O–H groups in total. The lowest BCUT2D eigenvalue weighted by Crippen LogP contribution is -1.95. The van der Waals surface area contributed by atoms with Crippen LogP contribution in [0.2, 0.25) is 0 Å². The van der Waals surface area contributed by atoms with Gasteiger partial charge in [-0.1, -0.05) is 63.6 Å². The molecular formula is C12H20. The molecule has 0 heteroatoms. The van der Waals surface area contributed by atoms with E-state index in [1.165, 1.54) is 24.8 Å². The van der Waals surface area contributed by atoms with Crippen molar-refractivity contribution in [2.75, 3.05) is 0 Å². The molecule has 0 saturated heterocycles. The Labute approximate surface area is 76.7 Å². The van der Waals surface area contributed by atoms with Crippen LogP contribution in [-0.2, 0) is 0 Å². The fourth-order valence-corrected chi connectivity index (χ4v) is 1.05. The van der Waals surface area contributed by atoms with Gasteiger partial charge in [-0.15, -0.1) is 0 Å². The molecule has 0 aromatic carbocycles. The third kappa shape index (κ3) is 4.95. The standard InChI is InChI=1S/C12H20/c1-5-7-9-11(3)12(4)10-8-6-2/h5,7,9,12H,1,3,6,8,10H2,2,4H3. The molecule has 1 unspecified atom stereocenters. The predicted octanol–water partition coefficient (Wildman–Crippen LogP) is 4.11. The number of rotatable bonds is 6. The van der Waals surface area contributed by atoms with E-state index in [4.69, 9.17) is 0 Å². The normalized spacial score (nSPS) is 13.2. The molecule has 0 heterocycles. The molecule has 0 bridgehead atoms. The van der Waals surface area contributed by atoms with Crippen LogP contribution in [0.5, 0.6) is 0 Å². The Hall–Kier alpha value is -0.780. The number of allylic oxidation sites excluding steroid dienone is 4. The third-order valence-corrected chi connectivity index (χ3v) is 2.07. The van der Waals surface area contributed by atoms with Crippen LogP contribution in [0.15, 0.2) is 37.0 Å². The molecule has 0 aliphatic carbocycles. The second-order valence-electron chi connectivity index (χ2n) is 3.21. The van der Waals surface area contributed by atoms with Gasteiger partial charge in [-0.25, -0.2) is 0 Å². The molecule has 0 radical (unpaired) electrons. The van der Waals surface area contributed by atoms with Crippen molar-refractivity contribution in [1.29, 1.82) is 0 Å². The van der Waals surface area contributed by atoms with Crippen molar-refractivity contribution in [3.8, 4) is 0 Å². The minimum Gasteiger partial charge on any atom is -0.0991 e. The summed E-state index contributed by atoms with van der Waals surface area (Å²) < 4.78 is 0. The van der Waals surface area contributed by atoms with E-state index in [9.17, 15) is 0 Å². The van der Waals surface area contributed by atoms with Gasteiger partial charge >= 0.3 is 0 Å². The first-order valence-corrected chi connectivity index (χ1v) is 4.70. The van der Waals surface area contributed by atoms with Crippen LogP contribution < -0.4 is 0 Å². The van der Waals surface area contributed by atoms with E-state index in [0.29, 0.717) is 5.92 Å². The van der Waals surface area contributed by atoms with E-state index in [1.54, 1.807) is 6.08 Å². The molecule has 0 aliphatic heterocycles. The molecule has 0 amide bonds. The molecule has 0 aromatic rings. The summed E-state index contributed by atoms with van der Waals surface area (Å²) in [6.07, 6.45) is 9.59. The Bertz CT molecular complexity index is 163. The fourth-order valence-electron chi connectivity index (χ4n) is 1.05. The quantitative estimate of drug-likeness (QED) is 0.518. The smallest absolute Gasteiger partial charge is 0.0196 e. The summed E-state index contributed by atoms with van der Waals surface area (Å²) in [5.74, 6) is 0.612. The first kappa shape index (κ1) is 11.2. The van der Waals surface area contributed by atoms with Gasteiger partial charge in [0.05, 0.1) is 0 Å². The maximum absolute atomic E-state index is 4.01. The van der Waals surface area contributed by atoms with Crippen molar-refractivity contribution >= 4 is 0 Å². The summed E-state index contributed by atoms with van der Waals surface area (Å²) in [6, 6.07) is 0. The lowest BCUT2D eigenvalue weighted by Gasteiger charge is -2.09. The summed E-state index contributed by atoms with van der Waals surface area (Å²) >= 11 is 0. The van der Waals surface area contributed by atoms with Gasteiger partial charge in [-0.3, -0.25) is 0 Å². The highest BCUT2D eigenvalue weighted by Crippen LogP contribution is 2.16. The van der Waals surface area contributed by atoms with Crippen LogP contribution in [0.25, 0.3) is 0 Å². The van der Waals surface area contributed by atoms with Gasteiger partial charge in [-0.2, -0.15) is 0 Å². The second-order valence-corrected chi connectivity index (χ2v) is 3.21. The second kappa shape index (κ2) is 6.90. The highest BCUT2D eigenvalue weighted by atomic mass is 14.1. The van der Waals surface area contributed by atoms with E-state index in [-0.39, 0.29) is 0 Å². The van der Waals surface area contributed by atoms with Crippen molar-refractivity contribution in [2.45, 2.75) is 33.1 Å². The molecule has 0 nitrogen and oxygen atoms in total. The van der Waals surface area contributed by atoms with Crippen molar-refractivity contribution < 1.29 is 0 Å². The van der Waals surface area contributed by atoms with Gasteiger partial charge in [0.2, 0.25) is 0 Å². The molecule has 0 aliphatic rings. The van der Waals surface area contributed by atoms with E-state index in [2.05, 4.69) is 27.0 Å². The van der Waals surface area contributed by atoms with Gasteiger partial charge in [0.1, 0.15) is 0 Å². The van der Waals surface area contributed by atoms with Crippen LogP contribution in [0.3, 0.4) is 0 Å². The van der Waals surface area contributed by atoms with Crippen LogP contribution in [-0.4, -0.2) is 0 Å². The van der Waals surface area contributed by atoms with Gasteiger partial charge < -0.3 is 0 Å². The maximum Gasteiger partial charge on any atom is -0.0196 e. The molecule has 68 valence electrons. The van der Waals surface area contributed by atoms with E-state index >= 15 is 0 Å². The molecule has 0 rings (SSSR count). The zero-order chi connectivity index (χ0) is 9.40. The highest BCUT2D eigenvalue weighted by molar-refractivity contribution is 5.20. The number of unbranched alkanes of at least 4 members (excludes halogenated alkanes) is 1. The summed E-state index contributed by atoms with van der Waals surface area (Å²) in [7, 11) is 0. The number of hydrogen-bond acceptors (Lipinski definition) is 0. The summed E-state index contributed by atoms with van der Waals surface area (Å²) in [5, 5.41) is 0. The third-order valence-electron chi connectivity index (χ3n) is 2.07. The Morgan fingerprint density at radius 3 is 2.67 bits per heavy atom. The van der Waals surface area contributed by atoms with Crippen molar-refractivity contribution in [2.24, 2.45) is 5.92 Å². The van der Waals surface area contributed by atoms with Gasteiger partial charge in [-0.05, 0) is 12.3 Å². The SMILES string of the molecule is C=CC=CC(=C)C(C)CCCC. The highest BCUT2D eigenvalue weighted by Gasteiger charge is 2.01. The lowest BCUT2D eigenvalue weighted by atomic mass is 9.96. The predicted molar refractivity (Wildman–Crippen MR) is 57.2 cm³/mol. The lowest BCUT2D eigenvalue weighted by molar-refractivity contribution is 0.582. The molecule has 0 spiro atoms.